The molecule has 0 spiro atoms. The highest BCUT2D eigenvalue weighted by Gasteiger charge is 2.25. The zero-order chi connectivity index (χ0) is 15.6. The highest BCUT2D eigenvalue weighted by atomic mass is 16.3. The van der Waals surface area contributed by atoms with Crippen LogP contribution in [0.3, 0.4) is 0 Å². The normalized spacial score (nSPS) is 17.0. The van der Waals surface area contributed by atoms with E-state index >= 15 is 0 Å². The average Bonchev–Trinajstić information content (AvgIpc) is 2.40. The van der Waals surface area contributed by atoms with Gasteiger partial charge in [-0.25, -0.2) is 0 Å². The van der Waals surface area contributed by atoms with Gasteiger partial charge in [-0.2, -0.15) is 0 Å². The Hall–Kier alpha value is -1.59. The number of carbonyl (C=O) groups excluding carboxylic acids is 1. The SMILES string of the molecule is Cc1cc(C(=O)N2CCN(CC(C)(C)O)CC2)ccc1N. The molecule has 1 aliphatic rings. The van der Waals surface area contributed by atoms with Crippen LogP contribution in [0.1, 0.15) is 29.8 Å². The smallest absolute Gasteiger partial charge is 0.253 e. The van der Waals surface area contributed by atoms with Crippen molar-refractivity contribution < 1.29 is 9.90 Å². The maximum absolute atomic E-state index is 12.5. The lowest BCUT2D eigenvalue weighted by Gasteiger charge is -2.37. The first-order valence-corrected chi connectivity index (χ1v) is 7.36. The summed E-state index contributed by atoms with van der Waals surface area (Å²) in [4.78, 5) is 16.5. The minimum atomic E-state index is -0.694. The molecule has 0 aliphatic carbocycles. The van der Waals surface area contributed by atoms with Crippen molar-refractivity contribution in [3.8, 4) is 0 Å². The second-order valence-corrected chi connectivity index (χ2v) is 6.45. The van der Waals surface area contributed by atoms with Gasteiger partial charge in [0.1, 0.15) is 0 Å². The number of β-amino-alcohol motifs (C(OH)–C–C–N with tert-alkyl or cyclic N) is 1. The third-order valence-corrected chi connectivity index (χ3v) is 3.79. The second kappa shape index (κ2) is 6.03. The summed E-state index contributed by atoms with van der Waals surface area (Å²) in [5, 5.41) is 9.85. The molecule has 0 saturated carbocycles. The topological polar surface area (TPSA) is 69.8 Å². The van der Waals surface area contributed by atoms with E-state index in [0.29, 0.717) is 30.9 Å². The van der Waals surface area contributed by atoms with Crippen LogP contribution in [0, 0.1) is 6.92 Å². The maximum atomic E-state index is 12.5. The van der Waals surface area contributed by atoms with Gasteiger partial charge in [0.25, 0.3) is 5.91 Å². The number of hydrogen-bond donors (Lipinski definition) is 2. The Morgan fingerprint density at radius 1 is 1.29 bits per heavy atom. The number of benzene rings is 1. The van der Waals surface area contributed by atoms with Crippen LogP contribution < -0.4 is 5.73 Å². The van der Waals surface area contributed by atoms with Gasteiger partial charge in [0.05, 0.1) is 5.60 Å². The predicted molar refractivity (Wildman–Crippen MR) is 84.2 cm³/mol. The molecule has 0 atom stereocenters. The third-order valence-electron chi connectivity index (χ3n) is 3.79. The average molecular weight is 291 g/mol. The van der Waals surface area contributed by atoms with Crippen LogP contribution in [0.4, 0.5) is 5.69 Å². The number of hydrogen-bond acceptors (Lipinski definition) is 4. The van der Waals surface area contributed by atoms with Gasteiger partial charge >= 0.3 is 0 Å². The quantitative estimate of drug-likeness (QED) is 0.818. The van der Waals surface area contributed by atoms with Crippen LogP contribution in [-0.2, 0) is 0 Å². The molecule has 1 amide bonds. The Balaban J connectivity index is 1.95. The van der Waals surface area contributed by atoms with E-state index in [1.165, 1.54) is 0 Å². The first-order valence-electron chi connectivity index (χ1n) is 7.36. The molecule has 3 N–H and O–H groups in total. The molecule has 1 fully saturated rings. The second-order valence-electron chi connectivity index (χ2n) is 6.45. The summed E-state index contributed by atoms with van der Waals surface area (Å²) in [6, 6.07) is 5.42. The standard InChI is InChI=1S/C16H25N3O2/c1-12-10-13(4-5-14(12)17)15(20)19-8-6-18(7-9-19)11-16(2,3)21/h4-5,10,21H,6-9,11,17H2,1-3H3. The Kier molecular flexibility index (Phi) is 4.54. The van der Waals surface area contributed by atoms with Crippen LogP contribution in [0.15, 0.2) is 18.2 Å². The maximum Gasteiger partial charge on any atom is 0.253 e. The number of anilines is 1. The molecule has 0 unspecified atom stereocenters. The van der Waals surface area contributed by atoms with Gasteiger partial charge in [-0.15, -0.1) is 0 Å². The van der Waals surface area contributed by atoms with Gasteiger partial charge < -0.3 is 15.7 Å². The number of nitrogens with two attached hydrogens (primary N) is 1. The van der Waals surface area contributed by atoms with Crippen molar-refractivity contribution in [2.45, 2.75) is 26.4 Å². The molecule has 5 nitrogen and oxygen atoms in total. The third kappa shape index (κ3) is 4.19. The fourth-order valence-corrected chi connectivity index (χ4v) is 2.65. The van der Waals surface area contributed by atoms with Crippen LogP contribution in [-0.4, -0.2) is 59.1 Å². The van der Waals surface area contributed by atoms with E-state index in [9.17, 15) is 9.90 Å². The highest BCUT2D eigenvalue weighted by molar-refractivity contribution is 5.95. The van der Waals surface area contributed by atoms with E-state index in [4.69, 9.17) is 5.73 Å². The van der Waals surface area contributed by atoms with E-state index in [1.54, 1.807) is 12.1 Å². The van der Waals surface area contributed by atoms with Crippen molar-refractivity contribution >= 4 is 11.6 Å². The van der Waals surface area contributed by atoms with Gasteiger partial charge in [-0.3, -0.25) is 9.69 Å². The van der Waals surface area contributed by atoms with E-state index in [0.717, 1.165) is 18.7 Å². The summed E-state index contributed by atoms with van der Waals surface area (Å²) in [5.41, 5.74) is 7.43. The number of piperazine rings is 1. The minimum Gasteiger partial charge on any atom is -0.399 e. The molecule has 21 heavy (non-hydrogen) atoms. The lowest BCUT2D eigenvalue weighted by molar-refractivity contribution is 0.0178. The van der Waals surface area contributed by atoms with Crippen molar-refractivity contribution in [2.75, 3.05) is 38.5 Å². The largest absolute Gasteiger partial charge is 0.399 e. The Bertz CT molecular complexity index is 515. The fraction of sp³-hybridized carbons (Fsp3) is 0.562. The van der Waals surface area contributed by atoms with Crippen molar-refractivity contribution in [2.24, 2.45) is 0 Å². The molecule has 2 rings (SSSR count). The van der Waals surface area contributed by atoms with Crippen LogP contribution >= 0.6 is 0 Å². The first kappa shape index (κ1) is 15.8. The zero-order valence-corrected chi connectivity index (χ0v) is 13.1. The number of carbonyl (C=O) groups is 1. The minimum absolute atomic E-state index is 0.0565. The lowest BCUT2D eigenvalue weighted by atomic mass is 10.1. The van der Waals surface area contributed by atoms with Gasteiger partial charge in [0.15, 0.2) is 0 Å². The molecule has 5 heteroatoms. The van der Waals surface area contributed by atoms with E-state index in [2.05, 4.69) is 4.90 Å². The van der Waals surface area contributed by atoms with Crippen molar-refractivity contribution in [1.29, 1.82) is 0 Å². The molecular formula is C16H25N3O2. The van der Waals surface area contributed by atoms with Gasteiger partial charge in [-0.1, -0.05) is 0 Å². The highest BCUT2D eigenvalue weighted by Crippen LogP contribution is 2.16. The molecule has 0 radical (unpaired) electrons. The van der Waals surface area contributed by atoms with Gasteiger partial charge in [0, 0.05) is 44.0 Å². The van der Waals surface area contributed by atoms with Crippen molar-refractivity contribution in [3.63, 3.8) is 0 Å². The monoisotopic (exact) mass is 291 g/mol. The molecule has 0 bridgehead atoms. The van der Waals surface area contributed by atoms with Crippen LogP contribution in [0.5, 0.6) is 0 Å². The number of amides is 1. The van der Waals surface area contributed by atoms with Crippen molar-refractivity contribution in [3.05, 3.63) is 29.3 Å². The molecule has 1 heterocycles. The van der Waals surface area contributed by atoms with E-state index < -0.39 is 5.60 Å². The predicted octanol–water partition coefficient (Wildman–Crippen LogP) is 1.11. The zero-order valence-electron chi connectivity index (χ0n) is 13.1. The van der Waals surface area contributed by atoms with E-state index in [1.807, 2.05) is 31.7 Å². The Morgan fingerprint density at radius 3 is 2.43 bits per heavy atom. The summed E-state index contributed by atoms with van der Waals surface area (Å²) < 4.78 is 0. The van der Waals surface area contributed by atoms with Gasteiger partial charge in [0.2, 0.25) is 0 Å². The summed E-state index contributed by atoms with van der Waals surface area (Å²) in [6.07, 6.45) is 0. The number of rotatable bonds is 3. The number of aliphatic hydroxyl groups is 1. The van der Waals surface area contributed by atoms with E-state index in [-0.39, 0.29) is 5.91 Å². The number of nitrogens with zero attached hydrogens (tertiary/aromatic N) is 2. The Labute approximate surface area is 126 Å². The first-order chi connectivity index (χ1) is 9.76. The molecular weight excluding hydrogens is 266 g/mol. The number of nitrogen functional groups attached to an aromatic ring is 1. The molecule has 1 aromatic carbocycles. The Morgan fingerprint density at radius 2 is 1.90 bits per heavy atom. The summed E-state index contributed by atoms with van der Waals surface area (Å²) >= 11 is 0. The molecule has 1 aliphatic heterocycles. The van der Waals surface area contributed by atoms with Crippen LogP contribution in [0.2, 0.25) is 0 Å². The summed E-state index contributed by atoms with van der Waals surface area (Å²) in [7, 11) is 0. The van der Waals surface area contributed by atoms with Crippen molar-refractivity contribution in [1.82, 2.24) is 9.80 Å². The molecule has 116 valence electrons. The fourth-order valence-electron chi connectivity index (χ4n) is 2.65. The van der Waals surface area contributed by atoms with Gasteiger partial charge in [-0.05, 0) is 44.5 Å². The molecule has 0 aromatic heterocycles. The molecule has 1 aromatic rings. The lowest BCUT2D eigenvalue weighted by Crippen LogP contribution is -2.52. The van der Waals surface area contributed by atoms with Crippen LogP contribution in [0.25, 0.3) is 0 Å². The number of aryl methyl sites for hydroxylation is 1. The molecule has 1 saturated heterocycles. The summed E-state index contributed by atoms with van der Waals surface area (Å²) in [5.74, 6) is 0.0565. The summed E-state index contributed by atoms with van der Waals surface area (Å²) in [6.45, 7) is 9.14.